The highest BCUT2D eigenvalue weighted by atomic mass is 31.2. The number of carbonyl (C=O) groups excluding carboxylic acids is 4. The lowest BCUT2D eigenvalue weighted by molar-refractivity contribution is -0.161. The topological polar surface area (TPSA) is 237 Å². The molecule has 0 aromatic heterocycles. The average Bonchev–Trinajstić information content (AvgIpc) is 2.47. The molecule has 0 radical (unpaired) electrons. The van der Waals surface area contributed by atoms with Gasteiger partial charge in [-0.05, 0) is 31.6 Å². The first-order valence-corrected chi connectivity index (χ1v) is 42.1. The molecule has 0 fully saturated rings. The van der Waals surface area contributed by atoms with Gasteiger partial charge in [0.1, 0.15) is 19.3 Å². The second-order valence-corrected chi connectivity index (χ2v) is 30.4. The molecular weight excluding hydrogens is 1230 g/mol. The van der Waals surface area contributed by atoms with Crippen LogP contribution in [0.25, 0.3) is 0 Å². The Labute approximate surface area is 575 Å². The van der Waals surface area contributed by atoms with Crippen molar-refractivity contribution in [3.05, 3.63) is 0 Å². The third-order valence-electron chi connectivity index (χ3n) is 17.5. The lowest BCUT2D eigenvalue weighted by Gasteiger charge is -2.21. The second kappa shape index (κ2) is 68.2. The molecule has 0 saturated carbocycles. The minimum Gasteiger partial charge on any atom is -0.462 e. The molecule has 0 aromatic rings. The van der Waals surface area contributed by atoms with Gasteiger partial charge in [0, 0.05) is 25.7 Å². The molecule has 0 saturated heterocycles. The van der Waals surface area contributed by atoms with E-state index in [4.69, 9.17) is 37.0 Å². The van der Waals surface area contributed by atoms with Crippen LogP contribution in [0.2, 0.25) is 0 Å². The summed E-state index contributed by atoms with van der Waals surface area (Å²) in [7, 11) is -9.91. The molecule has 0 heterocycles. The van der Waals surface area contributed by atoms with Crippen LogP contribution in [0.5, 0.6) is 0 Å². The lowest BCUT2D eigenvalue weighted by atomic mass is 10.0. The van der Waals surface area contributed by atoms with Crippen molar-refractivity contribution in [3.63, 3.8) is 0 Å². The normalized spacial score (nSPS) is 14.0. The summed E-state index contributed by atoms with van der Waals surface area (Å²) < 4.78 is 68.5. The Morgan fingerprint density at radius 3 is 0.723 bits per heavy atom. The maximum atomic E-state index is 13.1. The number of ether oxygens (including phenoxy) is 4. The molecule has 0 aliphatic rings. The second-order valence-electron chi connectivity index (χ2n) is 27.5. The van der Waals surface area contributed by atoms with Gasteiger partial charge in [0.05, 0.1) is 26.4 Å². The first-order valence-electron chi connectivity index (χ1n) is 39.1. The Morgan fingerprint density at radius 1 is 0.287 bits per heavy atom. The molecular formula is C75H146O17P2. The zero-order valence-electron chi connectivity index (χ0n) is 61.1. The number of hydrogen-bond acceptors (Lipinski definition) is 15. The smallest absolute Gasteiger partial charge is 0.462 e. The number of hydrogen-bond donors (Lipinski definition) is 3. The minimum atomic E-state index is -4.96. The van der Waals surface area contributed by atoms with E-state index in [-0.39, 0.29) is 25.7 Å². The molecule has 0 spiro atoms. The summed E-state index contributed by atoms with van der Waals surface area (Å²) in [6.45, 7) is 7.30. The third-order valence-corrected chi connectivity index (χ3v) is 19.4. The molecule has 0 rings (SSSR count). The van der Waals surface area contributed by atoms with Crippen molar-refractivity contribution < 1.29 is 80.2 Å². The van der Waals surface area contributed by atoms with E-state index in [0.29, 0.717) is 25.7 Å². The number of unbranched alkanes of at least 4 members (excludes halogenated alkanes) is 47. The number of carbonyl (C=O) groups is 4. The maximum absolute atomic E-state index is 13.1. The first-order chi connectivity index (χ1) is 45.5. The van der Waals surface area contributed by atoms with Crippen LogP contribution in [0.15, 0.2) is 0 Å². The molecule has 0 bridgehead atoms. The van der Waals surface area contributed by atoms with Gasteiger partial charge in [0.15, 0.2) is 12.2 Å². The van der Waals surface area contributed by atoms with Gasteiger partial charge >= 0.3 is 39.5 Å². The van der Waals surface area contributed by atoms with E-state index in [1.54, 1.807) is 0 Å². The van der Waals surface area contributed by atoms with E-state index in [1.165, 1.54) is 218 Å². The van der Waals surface area contributed by atoms with Crippen LogP contribution in [0, 0.1) is 5.92 Å². The molecule has 0 aliphatic heterocycles. The highest BCUT2D eigenvalue weighted by Gasteiger charge is 2.30. The maximum Gasteiger partial charge on any atom is 0.472 e. The van der Waals surface area contributed by atoms with Crippen molar-refractivity contribution in [1.82, 2.24) is 0 Å². The number of rotatable bonds is 75. The van der Waals surface area contributed by atoms with E-state index in [1.807, 2.05) is 0 Å². The number of aliphatic hydroxyl groups is 1. The van der Waals surface area contributed by atoms with Gasteiger partial charge in [-0.1, -0.05) is 343 Å². The molecule has 19 heteroatoms. The van der Waals surface area contributed by atoms with E-state index in [2.05, 4.69) is 34.6 Å². The Bertz CT molecular complexity index is 1810. The summed E-state index contributed by atoms with van der Waals surface area (Å²) in [6.07, 6.45) is 56.6. The van der Waals surface area contributed by atoms with Gasteiger partial charge in [-0.3, -0.25) is 37.3 Å². The monoisotopic (exact) mass is 1380 g/mol. The van der Waals surface area contributed by atoms with Gasteiger partial charge in [0.25, 0.3) is 0 Å². The predicted octanol–water partition coefficient (Wildman–Crippen LogP) is 22.1. The fraction of sp³-hybridized carbons (Fsp3) is 0.947. The highest BCUT2D eigenvalue weighted by molar-refractivity contribution is 7.47. The van der Waals surface area contributed by atoms with Crippen LogP contribution in [0.4, 0.5) is 0 Å². The third kappa shape index (κ3) is 68.6. The summed E-state index contributed by atoms with van der Waals surface area (Å²) in [5.41, 5.74) is 0. The zero-order valence-corrected chi connectivity index (χ0v) is 62.9. The molecule has 17 nitrogen and oxygen atoms in total. The van der Waals surface area contributed by atoms with E-state index in [0.717, 1.165) is 95.8 Å². The Hall–Kier alpha value is -1.94. The van der Waals surface area contributed by atoms with Gasteiger partial charge in [0.2, 0.25) is 0 Å². The fourth-order valence-corrected chi connectivity index (χ4v) is 13.1. The minimum absolute atomic E-state index is 0.108. The van der Waals surface area contributed by atoms with Crippen LogP contribution in [0.1, 0.15) is 394 Å². The Balaban J connectivity index is 5.25. The quantitative estimate of drug-likeness (QED) is 0.0222. The summed E-state index contributed by atoms with van der Waals surface area (Å²) in [6, 6.07) is 0. The van der Waals surface area contributed by atoms with Crippen molar-refractivity contribution in [2.24, 2.45) is 5.92 Å². The van der Waals surface area contributed by atoms with Gasteiger partial charge < -0.3 is 33.8 Å². The standard InChI is InChI=1S/C75H146O17P2/c1-6-9-12-15-18-21-24-26-27-29-34-39-44-49-54-59-73(78)86-65-71(92-75(80)61-56-51-46-41-36-31-30-33-37-42-47-52-57-68(4)5)67-90-94(83,84)88-63-69(76)62-87-93(81,82)89-66-70(64-85-72(77)58-53-48-43-38-32-23-20-17-14-11-8-3)91-74(79)60-55-50-45-40-35-28-25-22-19-16-13-10-7-2/h68-71,76H,6-67H2,1-5H3,(H,81,82)(H,83,84)/t69-,70+,71+/m0/s1. The van der Waals surface area contributed by atoms with Crippen molar-refractivity contribution in [2.45, 2.75) is 412 Å². The van der Waals surface area contributed by atoms with Crippen LogP contribution < -0.4 is 0 Å². The van der Waals surface area contributed by atoms with Crippen LogP contribution in [-0.2, 0) is 65.4 Å². The average molecular weight is 1380 g/mol. The SMILES string of the molecule is CCCCCCCCCCCCCCCCCC(=O)OC[C@H](COP(=O)(O)OC[C@@H](O)COP(=O)(O)OC[C@@H](COC(=O)CCCCCCCCCCCCC)OC(=O)CCCCCCCCCCCCCCC)OC(=O)CCCCCCCCCCCCCCC(C)C. The fourth-order valence-electron chi connectivity index (χ4n) is 11.5. The molecule has 5 atom stereocenters. The predicted molar refractivity (Wildman–Crippen MR) is 382 cm³/mol. The Morgan fingerprint density at radius 2 is 0.489 bits per heavy atom. The summed E-state index contributed by atoms with van der Waals surface area (Å²) in [4.78, 5) is 72.8. The molecule has 2 unspecified atom stereocenters. The van der Waals surface area contributed by atoms with Crippen LogP contribution in [-0.4, -0.2) is 96.7 Å². The Kier molecular flexibility index (Phi) is 66.8. The molecule has 94 heavy (non-hydrogen) atoms. The highest BCUT2D eigenvalue weighted by Crippen LogP contribution is 2.45. The molecule has 0 aromatic carbocycles. The molecule has 558 valence electrons. The van der Waals surface area contributed by atoms with Crippen molar-refractivity contribution in [3.8, 4) is 0 Å². The van der Waals surface area contributed by atoms with Gasteiger partial charge in [-0.25, -0.2) is 9.13 Å². The number of aliphatic hydroxyl groups excluding tert-OH is 1. The number of phosphoric acid groups is 2. The summed E-state index contributed by atoms with van der Waals surface area (Å²) in [5.74, 6) is -1.33. The lowest BCUT2D eigenvalue weighted by Crippen LogP contribution is -2.30. The van der Waals surface area contributed by atoms with Crippen molar-refractivity contribution >= 4 is 39.5 Å². The van der Waals surface area contributed by atoms with Gasteiger partial charge in [-0.2, -0.15) is 0 Å². The first kappa shape index (κ1) is 92.1. The van der Waals surface area contributed by atoms with Crippen molar-refractivity contribution in [2.75, 3.05) is 39.6 Å². The van der Waals surface area contributed by atoms with Crippen LogP contribution in [0.3, 0.4) is 0 Å². The number of phosphoric ester groups is 2. The van der Waals surface area contributed by atoms with E-state index >= 15 is 0 Å². The van der Waals surface area contributed by atoms with Crippen molar-refractivity contribution in [1.29, 1.82) is 0 Å². The molecule has 3 N–H and O–H groups in total. The summed E-state index contributed by atoms with van der Waals surface area (Å²) >= 11 is 0. The van der Waals surface area contributed by atoms with E-state index < -0.39 is 97.5 Å². The molecule has 0 amide bonds. The largest absolute Gasteiger partial charge is 0.472 e. The molecule has 0 aliphatic carbocycles. The van der Waals surface area contributed by atoms with Gasteiger partial charge in [-0.15, -0.1) is 0 Å². The zero-order chi connectivity index (χ0) is 69.1. The van der Waals surface area contributed by atoms with Crippen LogP contribution >= 0.6 is 15.6 Å². The summed E-state index contributed by atoms with van der Waals surface area (Å²) in [5, 5.41) is 10.6. The number of esters is 4. The van der Waals surface area contributed by atoms with E-state index in [9.17, 15) is 43.2 Å².